The van der Waals surface area contributed by atoms with Crippen LogP contribution in [-0.4, -0.2) is 5.11 Å². The van der Waals surface area contributed by atoms with E-state index in [0.717, 1.165) is 36.2 Å². The first-order valence-electron chi connectivity index (χ1n) is 11.6. The van der Waals surface area contributed by atoms with Gasteiger partial charge in [0.15, 0.2) is 0 Å². The van der Waals surface area contributed by atoms with Crippen LogP contribution in [0.15, 0.2) is 54.1 Å². The molecule has 1 unspecified atom stereocenters. The number of rotatable bonds is 3. The lowest BCUT2D eigenvalue weighted by atomic mass is 9.47. The van der Waals surface area contributed by atoms with Crippen molar-refractivity contribution in [2.45, 2.75) is 71.3 Å². The predicted octanol–water partition coefficient (Wildman–Crippen LogP) is 6.86. The van der Waals surface area contributed by atoms with Gasteiger partial charge in [0, 0.05) is 5.41 Å². The molecule has 1 N–H and O–H groups in total. The molecule has 1 aromatic carbocycles. The Morgan fingerprint density at radius 1 is 1.04 bits per heavy atom. The summed E-state index contributed by atoms with van der Waals surface area (Å²) in [5.74, 6) is 3.23. The lowest BCUT2D eigenvalue weighted by molar-refractivity contribution is -0.0418. The van der Waals surface area contributed by atoms with E-state index in [4.69, 9.17) is 0 Å². The highest BCUT2D eigenvalue weighted by Gasteiger charge is 2.58. The summed E-state index contributed by atoms with van der Waals surface area (Å²) in [6, 6.07) is 10.3. The van der Waals surface area contributed by atoms with Gasteiger partial charge in [-0.1, -0.05) is 68.0 Å². The van der Waals surface area contributed by atoms with Crippen molar-refractivity contribution in [3.8, 4) is 0 Å². The maximum atomic E-state index is 10.9. The Morgan fingerprint density at radius 2 is 1.86 bits per heavy atom. The molecule has 0 radical (unpaired) electrons. The van der Waals surface area contributed by atoms with Gasteiger partial charge in [-0.2, -0.15) is 0 Å². The lowest BCUT2D eigenvalue weighted by Gasteiger charge is -2.57. The highest BCUT2D eigenvalue weighted by atomic mass is 16.3. The van der Waals surface area contributed by atoms with Crippen molar-refractivity contribution >= 4 is 0 Å². The molecule has 1 heteroatoms. The molecule has 0 spiro atoms. The van der Waals surface area contributed by atoms with Gasteiger partial charge in [0.2, 0.25) is 0 Å². The maximum absolute atomic E-state index is 10.9. The van der Waals surface area contributed by atoms with E-state index in [-0.39, 0.29) is 6.10 Å². The molecular weight excluding hydrogens is 340 g/mol. The average Bonchev–Trinajstić information content (AvgIpc) is 3.04. The van der Waals surface area contributed by atoms with Crippen LogP contribution < -0.4 is 0 Å². The fourth-order valence-corrected chi connectivity index (χ4v) is 7.92. The Kier molecular flexibility index (Phi) is 4.58. The minimum Gasteiger partial charge on any atom is -0.388 e. The molecule has 1 aromatic rings. The standard InChI is InChI=1S/C27H36O/c1-26-16-7-6-10-20(26)11-13-22-23-14-12-21(27(23,2)17-15-24(22)26)18-25(28)19-8-4-3-5-9-19/h3-5,7-10,16,21-25,28H,6,11-15,17-18H2,1-2H3/t21-,22+,23+,24+,25?,26+,27-/m1/s1. The minimum atomic E-state index is -0.306. The zero-order valence-corrected chi connectivity index (χ0v) is 17.6. The van der Waals surface area contributed by atoms with Gasteiger partial charge in [0.25, 0.3) is 0 Å². The van der Waals surface area contributed by atoms with E-state index in [0.29, 0.717) is 16.7 Å². The molecule has 0 bridgehead atoms. The second-order valence-corrected chi connectivity index (χ2v) is 10.5. The van der Waals surface area contributed by atoms with Crippen LogP contribution in [0.1, 0.15) is 76.9 Å². The third-order valence-corrected chi connectivity index (χ3v) is 9.50. The van der Waals surface area contributed by atoms with Gasteiger partial charge >= 0.3 is 0 Å². The molecule has 0 heterocycles. The molecule has 3 fully saturated rings. The Labute approximate surface area is 170 Å². The van der Waals surface area contributed by atoms with E-state index in [9.17, 15) is 5.11 Å². The van der Waals surface area contributed by atoms with Gasteiger partial charge in [-0.15, -0.1) is 0 Å². The summed E-state index contributed by atoms with van der Waals surface area (Å²) in [6.45, 7) is 5.10. The quantitative estimate of drug-likeness (QED) is 0.572. The van der Waals surface area contributed by atoms with Crippen LogP contribution >= 0.6 is 0 Å². The molecule has 28 heavy (non-hydrogen) atoms. The van der Waals surface area contributed by atoms with Crippen LogP contribution in [-0.2, 0) is 0 Å². The Hall–Kier alpha value is -1.34. The van der Waals surface area contributed by atoms with Crippen LogP contribution in [0, 0.1) is 34.5 Å². The van der Waals surface area contributed by atoms with Gasteiger partial charge in [-0.05, 0) is 86.0 Å². The van der Waals surface area contributed by atoms with E-state index in [1.54, 1.807) is 5.57 Å². The van der Waals surface area contributed by atoms with Crippen LogP contribution in [0.3, 0.4) is 0 Å². The fraction of sp³-hybridized carbons (Fsp3) is 0.630. The lowest BCUT2D eigenvalue weighted by Crippen LogP contribution is -2.49. The van der Waals surface area contributed by atoms with Gasteiger partial charge in [-0.3, -0.25) is 0 Å². The normalized spacial score (nSPS) is 42.9. The number of benzene rings is 1. The number of fused-ring (bicyclic) bond motifs is 5. The second kappa shape index (κ2) is 6.87. The van der Waals surface area contributed by atoms with Gasteiger partial charge < -0.3 is 5.11 Å². The topological polar surface area (TPSA) is 20.2 Å². The molecule has 5 rings (SSSR count). The van der Waals surface area contributed by atoms with Gasteiger partial charge in [0.05, 0.1) is 6.10 Å². The number of aliphatic hydroxyl groups excluding tert-OH is 1. The largest absolute Gasteiger partial charge is 0.388 e. The first kappa shape index (κ1) is 18.7. The molecule has 0 saturated heterocycles. The number of hydrogen-bond donors (Lipinski definition) is 1. The summed E-state index contributed by atoms with van der Waals surface area (Å²) in [5, 5.41) is 10.9. The summed E-state index contributed by atoms with van der Waals surface area (Å²) in [6.07, 6.45) is 17.4. The van der Waals surface area contributed by atoms with E-state index in [2.05, 4.69) is 56.3 Å². The zero-order chi connectivity index (χ0) is 19.4. The van der Waals surface area contributed by atoms with Crippen LogP contribution in [0.4, 0.5) is 0 Å². The Morgan fingerprint density at radius 3 is 2.68 bits per heavy atom. The van der Waals surface area contributed by atoms with Crippen molar-refractivity contribution in [3.63, 3.8) is 0 Å². The molecule has 0 aromatic heterocycles. The third kappa shape index (κ3) is 2.76. The van der Waals surface area contributed by atoms with Crippen molar-refractivity contribution in [3.05, 3.63) is 59.7 Å². The smallest absolute Gasteiger partial charge is 0.0792 e. The van der Waals surface area contributed by atoms with Crippen molar-refractivity contribution in [1.29, 1.82) is 0 Å². The molecule has 0 aliphatic heterocycles. The Bertz CT molecular complexity index is 777. The molecule has 150 valence electrons. The van der Waals surface area contributed by atoms with E-state index < -0.39 is 0 Å². The molecule has 1 nitrogen and oxygen atoms in total. The van der Waals surface area contributed by atoms with Crippen LogP contribution in [0.5, 0.6) is 0 Å². The molecular formula is C27H36O. The van der Waals surface area contributed by atoms with E-state index in [1.807, 2.05) is 6.07 Å². The highest BCUT2D eigenvalue weighted by molar-refractivity contribution is 5.31. The Balaban J connectivity index is 1.36. The van der Waals surface area contributed by atoms with Crippen molar-refractivity contribution in [1.82, 2.24) is 0 Å². The fourth-order valence-electron chi connectivity index (χ4n) is 7.92. The van der Waals surface area contributed by atoms with Crippen LogP contribution in [0.25, 0.3) is 0 Å². The summed E-state index contributed by atoms with van der Waals surface area (Å²) in [5.41, 5.74) is 3.57. The van der Waals surface area contributed by atoms with E-state index >= 15 is 0 Å². The summed E-state index contributed by atoms with van der Waals surface area (Å²) in [7, 11) is 0. The zero-order valence-electron chi connectivity index (χ0n) is 17.6. The summed E-state index contributed by atoms with van der Waals surface area (Å²) in [4.78, 5) is 0. The maximum Gasteiger partial charge on any atom is 0.0792 e. The second-order valence-electron chi connectivity index (χ2n) is 10.5. The monoisotopic (exact) mass is 376 g/mol. The average molecular weight is 377 g/mol. The third-order valence-electron chi connectivity index (χ3n) is 9.50. The summed E-state index contributed by atoms with van der Waals surface area (Å²) < 4.78 is 0. The number of aliphatic hydroxyl groups is 1. The highest BCUT2D eigenvalue weighted by Crippen LogP contribution is 2.66. The van der Waals surface area contributed by atoms with Crippen molar-refractivity contribution in [2.24, 2.45) is 34.5 Å². The summed E-state index contributed by atoms with van der Waals surface area (Å²) >= 11 is 0. The van der Waals surface area contributed by atoms with Crippen LogP contribution in [0.2, 0.25) is 0 Å². The number of allylic oxidation sites excluding steroid dienone is 4. The first-order chi connectivity index (χ1) is 13.5. The first-order valence-corrected chi connectivity index (χ1v) is 11.6. The molecule has 7 atom stereocenters. The van der Waals surface area contributed by atoms with E-state index in [1.165, 1.54) is 38.5 Å². The van der Waals surface area contributed by atoms with Gasteiger partial charge in [0.1, 0.15) is 0 Å². The molecule has 4 aliphatic carbocycles. The predicted molar refractivity (Wildman–Crippen MR) is 116 cm³/mol. The van der Waals surface area contributed by atoms with Crippen molar-refractivity contribution < 1.29 is 5.11 Å². The van der Waals surface area contributed by atoms with Crippen molar-refractivity contribution in [2.75, 3.05) is 0 Å². The van der Waals surface area contributed by atoms with Gasteiger partial charge in [-0.25, -0.2) is 0 Å². The number of hydrogen-bond acceptors (Lipinski definition) is 1. The minimum absolute atomic E-state index is 0.306. The molecule has 0 amide bonds. The SMILES string of the molecule is C[C@]12CC[C@H]3[C@@H](CCC4=CCC=C[C@@]43C)[C@@H]1CC[C@@H]2CC(O)c1ccccc1. The molecule has 4 aliphatic rings. The molecule has 3 saturated carbocycles.